The fourth-order valence-corrected chi connectivity index (χ4v) is 4.87. The van der Waals surface area contributed by atoms with Crippen LogP contribution in [0, 0.1) is 24.2 Å². The number of unbranched alkanes of at least 4 members (excludes halogenated alkanes) is 1. The Morgan fingerprint density at radius 1 is 1.30 bits per heavy atom. The molecule has 0 spiro atoms. The van der Waals surface area contributed by atoms with Crippen molar-refractivity contribution in [1.29, 1.82) is 5.26 Å². The van der Waals surface area contributed by atoms with E-state index in [0.29, 0.717) is 35.5 Å². The first kappa shape index (κ1) is 22.8. The first-order valence-electron chi connectivity index (χ1n) is 10.9. The number of carbonyl (C=O) groups is 1. The number of hydrogen-bond acceptors (Lipinski definition) is 6. The molecule has 9 heteroatoms. The number of aryl methyl sites for hydroxylation is 1. The molecule has 2 N–H and O–H groups in total. The van der Waals surface area contributed by atoms with E-state index < -0.39 is 15.9 Å². The first-order chi connectivity index (χ1) is 15.7. The number of amides is 1. The summed E-state index contributed by atoms with van der Waals surface area (Å²) in [4.78, 5) is 17.0. The van der Waals surface area contributed by atoms with Crippen LogP contribution < -0.4 is 10.0 Å². The van der Waals surface area contributed by atoms with Gasteiger partial charge in [-0.15, -0.1) is 0 Å². The summed E-state index contributed by atoms with van der Waals surface area (Å²) in [5.74, 6) is 0.416. The smallest absolute Gasteiger partial charge is 0.253 e. The molecule has 3 aromatic rings. The number of rotatable bonds is 9. The quantitative estimate of drug-likeness (QED) is 0.476. The molecule has 0 aliphatic heterocycles. The second-order valence-corrected chi connectivity index (χ2v) is 10.5. The van der Waals surface area contributed by atoms with Crippen LogP contribution in [0.2, 0.25) is 0 Å². The summed E-state index contributed by atoms with van der Waals surface area (Å²) in [5, 5.41) is 9.37. The van der Waals surface area contributed by atoms with E-state index in [-0.39, 0.29) is 30.1 Å². The lowest BCUT2D eigenvalue weighted by Gasteiger charge is -2.23. The third-order valence-corrected chi connectivity index (χ3v) is 6.95. The molecular weight excluding hydrogens is 440 g/mol. The number of sulfonamides is 1. The van der Waals surface area contributed by atoms with E-state index >= 15 is 0 Å². The van der Waals surface area contributed by atoms with Crippen molar-refractivity contribution in [3.05, 3.63) is 47.0 Å². The Labute approximate surface area is 193 Å². The number of nitrogens with two attached hydrogens (primary N) is 1. The van der Waals surface area contributed by atoms with Gasteiger partial charge in [-0.05, 0) is 50.2 Å². The molecule has 1 amide bonds. The van der Waals surface area contributed by atoms with Crippen LogP contribution in [0.15, 0.2) is 34.7 Å². The van der Waals surface area contributed by atoms with Gasteiger partial charge < -0.3 is 10.2 Å². The maximum Gasteiger partial charge on any atom is 0.253 e. The monoisotopic (exact) mass is 466 g/mol. The average molecular weight is 467 g/mol. The molecule has 1 aliphatic carbocycles. The highest BCUT2D eigenvalue weighted by atomic mass is 32.2. The van der Waals surface area contributed by atoms with E-state index in [0.717, 1.165) is 30.2 Å². The summed E-state index contributed by atoms with van der Waals surface area (Å²) in [6.45, 7) is 2.10. The Morgan fingerprint density at radius 2 is 2.00 bits per heavy atom. The fraction of sp³-hybridized carbons (Fsp3) is 0.375. The Morgan fingerprint density at radius 3 is 2.58 bits per heavy atom. The van der Waals surface area contributed by atoms with Crippen molar-refractivity contribution in [2.24, 2.45) is 11.7 Å². The summed E-state index contributed by atoms with van der Waals surface area (Å²) in [6, 6.07) is 11.3. The van der Waals surface area contributed by atoms with Gasteiger partial charge in [-0.1, -0.05) is 29.8 Å². The number of pyridine rings is 1. The molecular formula is C24H26N4O4S. The maximum absolute atomic E-state index is 12.6. The van der Waals surface area contributed by atoms with Crippen molar-refractivity contribution in [3.63, 3.8) is 0 Å². The van der Waals surface area contributed by atoms with Crippen LogP contribution in [0.1, 0.15) is 47.2 Å². The predicted molar refractivity (Wildman–Crippen MR) is 126 cm³/mol. The molecule has 1 saturated carbocycles. The molecule has 1 fully saturated rings. The molecule has 0 radical (unpaired) electrons. The van der Waals surface area contributed by atoms with E-state index in [4.69, 9.17) is 15.4 Å². The van der Waals surface area contributed by atoms with Crippen LogP contribution in [-0.2, 0) is 16.4 Å². The third-order valence-electron chi connectivity index (χ3n) is 5.79. The number of furan rings is 1. The molecule has 33 heavy (non-hydrogen) atoms. The van der Waals surface area contributed by atoms with Crippen molar-refractivity contribution < 1.29 is 17.6 Å². The zero-order chi connectivity index (χ0) is 23.8. The maximum atomic E-state index is 12.6. The second kappa shape index (κ2) is 8.87. The van der Waals surface area contributed by atoms with Crippen LogP contribution in [0.4, 0.5) is 5.82 Å². The summed E-state index contributed by atoms with van der Waals surface area (Å²) in [7, 11) is -3.65. The molecule has 0 atom stereocenters. The highest BCUT2D eigenvalue weighted by Crippen LogP contribution is 2.39. The number of nitrogens with zero attached hydrogens (tertiary/aromatic N) is 3. The molecule has 2 heterocycles. The zero-order valence-electron chi connectivity index (χ0n) is 18.7. The van der Waals surface area contributed by atoms with Crippen LogP contribution in [0.3, 0.4) is 0 Å². The Balaban J connectivity index is 1.92. The normalized spacial score (nSPS) is 13.7. The van der Waals surface area contributed by atoms with Gasteiger partial charge in [-0.3, -0.25) is 9.10 Å². The van der Waals surface area contributed by atoms with Crippen LogP contribution in [0.5, 0.6) is 0 Å². The van der Waals surface area contributed by atoms with Gasteiger partial charge in [0.15, 0.2) is 0 Å². The molecule has 1 aliphatic rings. The Bertz CT molecular complexity index is 1350. The van der Waals surface area contributed by atoms with E-state index in [1.54, 1.807) is 6.07 Å². The number of hydrogen-bond donors (Lipinski definition) is 1. The Hall–Kier alpha value is -3.38. The predicted octanol–water partition coefficient (Wildman–Crippen LogP) is 3.92. The van der Waals surface area contributed by atoms with E-state index in [1.165, 1.54) is 4.31 Å². The summed E-state index contributed by atoms with van der Waals surface area (Å²) in [5.41, 5.74) is 8.61. The third kappa shape index (κ3) is 4.86. The number of aromatic nitrogens is 1. The lowest BCUT2D eigenvalue weighted by atomic mass is 10.0. The molecule has 0 unspecified atom stereocenters. The van der Waals surface area contributed by atoms with Crippen molar-refractivity contribution in [2.45, 2.75) is 39.0 Å². The van der Waals surface area contributed by atoms with Crippen LogP contribution in [0.25, 0.3) is 22.4 Å². The number of nitriles is 1. The van der Waals surface area contributed by atoms with Gasteiger partial charge in [0.1, 0.15) is 11.6 Å². The lowest BCUT2D eigenvalue weighted by molar-refractivity contribution is 0.100. The van der Waals surface area contributed by atoms with Gasteiger partial charge >= 0.3 is 0 Å². The molecule has 8 nitrogen and oxygen atoms in total. The van der Waals surface area contributed by atoms with Crippen LogP contribution >= 0.6 is 0 Å². The van der Waals surface area contributed by atoms with Gasteiger partial charge in [-0.25, -0.2) is 8.42 Å². The van der Waals surface area contributed by atoms with Gasteiger partial charge in [0.2, 0.25) is 15.7 Å². The largest absolute Gasteiger partial charge is 0.437 e. The van der Waals surface area contributed by atoms with Crippen molar-refractivity contribution in [3.8, 4) is 17.4 Å². The Kier molecular flexibility index (Phi) is 6.13. The van der Waals surface area contributed by atoms with Gasteiger partial charge in [0.25, 0.3) is 5.91 Å². The van der Waals surface area contributed by atoms with Crippen molar-refractivity contribution in [2.75, 3.05) is 17.1 Å². The van der Waals surface area contributed by atoms with E-state index in [1.807, 2.05) is 37.3 Å². The minimum atomic E-state index is -3.65. The van der Waals surface area contributed by atoms with Gasteiger partial charge in [-0.2, -0.15) is 10.2 Å². The highest BCUT2D eigenvalue weighted by molar-refractivity contribution is 7.92. The van der Waals surface area contributed by atoms with E-state index in [2.05, 4.69) is 4.98 Å². The summed E-state index contributed by atoms with van der Waals surface area (Å²) >= 11 is 0. The SMILES string of the molecule is Cc1ccc(-c2oc3nc(N(CCCC#N)S(C)(=O)=O)c(CC4CC4)cc3c2C(N)=O)cc1. The molecule has 4 rings (SSSR count). The van der Waals surface area contributed by atoms with Crippen LogP contribution in [-0.4, -0.2) is 32.1 Å². The number of primary amides is 1. The number of carbonyl (C=O) groups excluding carboxylic acids is 1. The van der Waals surface area contributed by atoms with Gasteiger partial charge in [0, 0.05) is 18.5 Å². The summed E-state index contributed by atoms with van der Waals surface area (Å²) in [6.07, 6.45) is 4.51. The molecule has 1 aromatic carbocycles. The average Bonchev–Trinajstić information content (AvgIpc) is 3.48. The number of fused-ring (bicyclic) bond motifs is 1. The van der Waals surface area contributed by atoms with Gasteiger partial charge in [0.05, 0.1) is 23.3 Å². The zero-order valence-corrected chi connectivity index (χ0v) is 19.5. The summed E-state index contributed by atoms with van der Waals surface area (Å²) < 4.78 is 32.5. The number of anilines is 1. The number of benzene rings is 1. The highest BCUT2D eigenvalue weighted by Gasteiger charge is 2.30. The first-order valence-corrected chi connectivity index (χ1v) is 12.7. The van der Waals surface area contributed by atoms with E-state index in [9.17, 15) is 13.2 Å². The molecule has 172 valence electrons. The van der Waals surface area contributed by atoms with Crippen molar-refractivity contribution in [1.82, 2.24) is 4.98 Å². The topological polar surface area (TPSA) is 130 Å². The molecule has 0 saturated heterocycles. The fourth-order valence-electron chi connectivity index (χ4n) is 3.94. The minimum absolute atomic E-state index is 0.136. The second-order valence-electron chi connectivity index (χ2n) is 8.60. The lowest BCUT2D eigenvalue weighted by Crippen LogP contribution is -2.32. The standard InChI is InChI=1S/C24H26N4O4S/c1-15-5-9-17(10-6-15)21-20(22(26)29)19-14-18(13-16-7-8-16)23(27-24(19)32-21)28(33(2,30)31)12-4-3-11-25/h5-6,9-10,14,16H,3-4,7-8,12-13H2,1-2H3,(H2,26,29). The van der Waals surface area contributed by atoms with Crippen molar-refractivity contribution >= 4 is 32.8 Å². The molecule has 0 bridgehead atoms. The minimum Gasteiger partial charge on any atom is -0.437 e. The molecule has 2 aromatic heterocycles.